The van der Waals surface area contributed by atoms with Gasteiger partial charge in [0.25, 0.3) is 0 Å². The molecule has 1 aromatic heterocycles. The second-order valence-electron chi connectivity index (χ2n) is 4.00. The maximum atomic E-state index is 11.9. The number of carbonyl (C=O) groups is 2. The van der Waals surface area contributed by atoms with E-state index in [4.69, 9.17) is 16.7 Å². The Labute approximate surface area is 129 Å². The number of amides is 1. The van der Waals surface area contributed by atoms with Gasteiger partial charge in [-0.05, 0) is 18.2 Å². The van der Waals surface area contributed by atoms with Gasteiger partial charge in [-0.15, -0.1) is 0 Å². The molecule has 0 bridgehead atoms. The first kappa shape index (κ1) is 15.3. The van der Waals surface area contributed by atoms with E-state index in [1.807, 2.05) is 0 Å². The Bertz CT molecular complexity index is 689. The largest absolute Gasteiger partial charge is 0.478 e. The number of aromatic nitrogens is 3. The van der Waals surface area contributed by atoms with E-state index >= 15 is 0 Å². The van der Waals surface area contributed by atoms with E-state index in [1.165, 1.54) is 36.3 Å². The molecule has 9 heteroatoms. The average Bonchev–Trinajstić information content (AvgIpc) is 2.84. The molecule has 1 aromatic carbocycles. The third-order valence-electron chi connectivity index (χ3n) is 2.49. The topological polar surface area (TPSA) is 97.1 Å². The van der Waals surface area contributed by atoms with Crippen LogP contribution in [0.25, 0.3) is 0 Å². The molecule has 0 atom stereocenters. The maximum Gasteiger partial charge on any atom is 0.335 e. The van der Waals surface area contributed by atoms with Crippen molar-refractivity contribution in [3.05, 3.63) is 35.1 Å². The molecular formula is C12H11ClN4O3S. The van der Waals surface area contributed by atoms with Crippen LogP contribution >= 0.6 is 23.4 Å². The molecule has 0 unspecified atom stereocenters. The molecule has 110 valence electrons. The second kappa shape index (κ2) is 6.59. The van der Waals surface area contributed by atoms with Gasteiger partial charge in [-0.1, -0.05) is 23.4 Å². The molecule has 21 heavy (non-hydrogen) atoms. The Morgan fingerprint density at radius 2 is 2.24 bits per heavy atom. The van der Waals surface area contributed by atoms with Crippen LogP contribution in [0.2, 0.25) is 5.02 Å². The van der Waals surface area contributed by atoms with Gasteiger partial charge in [0.2, 0.25) is 5.91 Å². The molecule has 1 amide bonds. The normalized spacial score (nSPS) is 10.4. The van der Waals surface area contributed by atoms with Gasteiger partial charge in [-0.2, -0.15) is 5.10 Å². The average molecular weight is 327 g/mol. The highest BCUT2D eigenvalue weighted by atomic mass is 35.5. The van der Waals surface area contributed by atoms with Crippen molar-refractivity contribution in [2.75, 3.05) is 11.1 Å². The number of thioether (sulfide) groups is 1. The number of carbonyl (C=O) groups excluding carboxylic acids is 1. The molecule has 0 spiro atoms. The third-order valence-corrected chi connectivity index (χ3v) is 3.85. The summed E-state index contributed by atoms with van der Waals surface area (Å²) in [5, 5.41) is 16.3. The number of rotatable bonds is 5. The molecule has 2 N–H and O–H groups in total. The highest BCUT2D eigenvalue weighted by Gasteiger charge is 2.11. The second-order valence-corrected chi connectivity index (χ2v) is 5.35. The van der Waals surface area contributed by atoms with Crippen LogP contribution in [0.5, 0.6) is 0 Å². The number of halogens is 1. The van der Waals surface area contributed by atoms with Gasteiger partial charge < -0.3 is 10.4 Å². The van der Waals surface area contributed by atoms with Crippen molar-refractivity contribution in [3.63, 3.8) is 0 Å². The van der Waals surface area contributed by atoms with E-state index in [-0.39, 0.29) is 27.9 Å². The lowest BCUT2D eigenvalue weighted by Gasteiger charge is -2.08. The lowest BCUT2D eigenvalue weighted by atomic mass is 10.2. The van der Waals surface area contributed by atoms with Gasteiger partial charge in [-0.3, -0.25) is 4.79 Å². The number of anilines is 1. The first-order valence-corrected chi connectivity index (χ1v) is 7.13. The molecule has 0 radical (unpaired) electrons. The summed E-state index contributed by atoms with van der Waals surface area (Å²) in [5.41, 5.74) is 0.316. The summed E-state index contributed by atoms with van der Waals surface area (Å²) >= 11 is 7.14. The number of carboxylic acids is 1. The van der Waals surface area contributed by atoms with Gasteiger partial charge in [0.05, 0.1) is 22.0 Å². The molecule has 2 rings (SSSR count). The molecular weight excluding hydrogens is 316 g/mol. The molecule has 0 aliphatic rings. The quantitative estimate of drug-likeness (QED) is 0.814. The number of hydrogen-bond acceptors (Lipinski definition) is 5. The standard InChI is InChI=1S/C12H11ClN4O3S/c1-17-12(14-6-15-17)21-5-10(18)16-9-4-7(11(19)20)2-3-8(9)13/h2-4,6H,5H2,1H3,(H,16,18)(H,19,20). The zero-order valence-electron chi connectivity index (χ0n) is 10.9. The Hall–Kier alpha value is -2.06. The fraction of sp³-hybridized carbons (Fsp3) is 0.167. The Kier molecular flexibility index (Phi) is 4.81. The van der Waals surface area contributed by atoms with Crippen LogP contribution in [0, 0.1) is 0 Å². The Morgan fingerprint density at radius 1 is 1.48 bits per heavy atom. The van der Waals surface area contributed by atoms with Crippen LogP contribution in [-0.2, 0) is 11.8 Å². The van der Waals surface area contributed by atoms with E-state index in [0.717, 1.165) is 0 Å². The number of carboxylic acid groups (broad SMARTS) is 1. The number of benzene rings is 1. The summed E-state index contributed by atoms with van der Waals surface area (Å²) in [4.78, 5) is 26.7. The van der Waals surface area contributed by atoms with Crippen molar-refractivity contribution in [1.29, 1.82) is 0 Å². The van der Waals surface area contributed by atoms with Crippen LogP contribution in [0.15, 0.2) is 29.7 Å². The van der Waals surface area contributed by atoms with Gasteiger partial charge in [-0.25, -0.2) is 14.5 Å². The van der Waals surface area contributed by atoms with Crippen LogP contribution in [-0.4, -0.2) is 37.5 Å². The van der Waals surface area contributed by atoms with Crippen molar-refractivity contribution in [2.24, 2.45) is 7.05 Å². The first-order valence-electron chi connectivity index (χ1n) is 5.77. The maximum absolute atomic E-state index is 11.9. The molecule has 2 aromatic rings. The fourth-order valence-corrected chi connectivity index (χ4v) is 2.34. The molecule has 7 nitrogen and oxygen atoms in total. The van der Waals surface area contributed by atoms with E-state index in [1.54, 1.807) is 11.7 Å². The minimum absolute atomic E-state index is 0.0515. The monoisotopic (exact) mass is 326 g/mol. The number of aryl methyl sites for hydroxylation is 1. The summed E-state index contributed by atoms with van der Waals surface area (Å²) in [6.45, 7) is 0. The summed E-state index contributed by atoms with van der Waals surface area (Å²) in [5.74, 6) is -1.29. The van der Waals surface area contributed by atoms with Gasteiger partial charge >= 0.3 is 5.97 Å². The number of nitrogens with one attached hydrogen (secondary N) is 1. The zero-order valence-corrected chi connectivity index (χ0v) is 12.5. The van der Waals surface area contributed by atoms with Gasteiger partial charge in [0.1, 0.15) is 6.33 Å². The smallest absolute Gasteiger partial charge is 0.335 e. The summed E-state index contributed by atoms with van der Waals surface area (Å²) in [7, 11) is 1.72. The van der Waals surface area contributed by atoms with Gasteiger partial charge in [0, 0.05) is 7.05 Å². The first-order chi connectivity index (χ1) is 9.97. The Morgan fingerprint density at radius 3 is 2.86 bits per heavy atom. The van der Waals surface area contributed by atoms with Crippen LogP contribution < -0.4 is 5.32 Å². The van der Waals surface area contributed by atoms with Crippen molar-refractivity contribution in [1.82, 2.24) is 14.8 Å². The molecule has 0 fully saturated rings. The Balaban J connectivity index is 2.01. The molecule has 0 saturated carbocycles. The minimum Gasteiger partial charge on any atom is -0.478 e. The van der Waals surface area contributed by atoms with E-state index in [0.29, 0.717) is 5.16 Å². The molecule has 0 aliphatic carbocycles. The van der Waals surface area contributed by atoms with E-state index in [2.05, 4.69) is 15.4 Å². The molecule has 1 heterocycles. The van der Waals surface area contributed by atoms with Crippen LogP contribution in [0.4, 0.5) is 5.69 Å². The van der Waals surface area contributed by atoms with E-state index in [9.17, 15) is 9.59 Å². The van der Waals surface area contributed by atoms with Crippen molar-refractivity contribution >= 4 is 40.9 Å². The fourth-order valence-electron chi connectivity index (χ4n) is 1.49. The van der Waals surface area contributed by atoms with Crippen molar-refractivity contribution < 1.29 is 14.7 Å². The molecule has 0 aliphatic heterocycles. The summed E-state index contributed by atoms with van der Waals surface area (Å²) in [6.07, 6.45) is 1.40. The number of hydrogen-bond donors (Lipinski definition) is 2. The predicted octanol–water partition coefficient (Wildman–Crippen LogP) is 1.90. The lowest BCUT2D eigenvalue weighted by Crippen LogP contribution is -2.15. The summed E-state index contributed by atoms with van der Waals surface area (Å²) < 4.78 is 1.55. The highest BCUT2D eigenvalue weighted by Crippen LogP contribution is 2.23. The minimum atomic E-state index is -1.09. The third kappa shape index (κ3) is 3.96. The SMILES string of the molecule is Cn1ncnc1SCC(=O)Nc1cc(C(=O)O)ccc1Cl. The van der Waals surface area contributed by atoms with Crippen LogP contribution in [0.1, 0.15) is 10.4 Å². The van der Waals surface area contributed by atoms with E-state index < -0.39 is 5.97 Å². The molecule has 0 saturated heterocycles. The highest BCUT2D eigenvalue weighted by molar-refractivity contribution is 7.99. The number of aromatic carboxylic acids is 1. The van der Waals surface area contributed by atoms with Gasteiger partial charge in [0.15, 0.2) is 5.16 Å². The zero-order chi connectivity index (χ0) is 15.4. The lowest BCUT2D eigenvalue weighted by molar-refractivity contribution is -0.113. The summed E-state index contributed by atoms with van der Waals surface area (Å²) in [6, 6.07) is 4.11. The van der Waals surface area contributed by atoms with Crippen molar-refractivity contribution in [2.45, 2.75) is 5.16 Å². The van der Waals surface area contributed by atoms with Crippen LogP contribution in [0.3, 0.4) is 0 Å². The van der Waals surface area contributed by atoms with Crippen molar-refractivity contribution in [3.8, 4) is 0 Å². The predicted molar refractivity (Wildman–Crippen MR) is 78.8 cm³/mol. The number of nitrogens with zero attached hydrogens (tertiary/aromatic N) is 3.